The van der Waals surface area contributed by atoms with Gasteiger partial charge in [0.15, 0.2) is 0 Å². The maximum Gasteiger partial charge on any atom is 0.116 e. The zero-order valence-corrected chi connectivity index (χ0v) is 11.4. The van der Waals surface area contributed by atoms with E-state index in [0.29, 0.717) is 5.75 Å². The van der Waals surface area contributed by atoms with Gasteiger partial charge in [0.2, 0.25) is 0 Å². The first-order chi connectivity index (χ1) is 9.79. The van der Waals surface area contributed by atoms with Gasteiger partial charge in [0.25, 0.3) is 0 Å². The standard InChI is InChI=1S/C17H11NOS/c19-15-5-3-12-7-11(1-2-13(12)8-15)14-4-6-17-16(9-14)18-10-20-17/h1-10,19H. The van der Waals surface area contributed by atoms with Crippen LogP contribution >= 0.6 is 11.3 Å². The predicted molar refractivity (Wildman–Crippen MR) is 84.2 cm³/mol. The summed E-state index contributed by atoms with van der Waals surface area (Å²) in [6.45, 7) is 0. The van der Waals surface area contributed by atoms with E-state index in [4.69, 9.17) is 0 Å². The smallest absolute Gasteiger partial charge is 0.116 e. The molecule has 1 N–H and O–H groups in total. The number of phenolic OH excluding ortho intramolecular Hbond substituents is 1. The van der Waals surface area contributed by atoms with Gasteiger partial charge < -0.3 is 5.11 Å². The molecule has 3 aromatic carbocycles. The molecule has 3 heteroatoms. The molecule has 0 aliphatic carbocycles. The van der Waals surface area contributed by atoms with Crippen LogP contribution in [0.25, 0.3) is 32.1 Å². The summed E-state index contributed by atoms with van der Waals surface area (Å²) in [4.78, 5) is 4.36. The molecular weight excluding hydrogens is 266 g/mol. The molecule has 4 aromatic rings. The first-order valence-corrected chi connectivity index (χ1v) is 7.24. The molecule has 0 aliphatic heterocycles. The van der Waals surface area contributed by atoms with E-state index in [-0.39, 0.29) is 0 Å². The quantitative estimate of drug-likeness (QED) is 0.541. The molecule has 0 saturated heterocycles. The molecule has 4 rings (SSSR count). The second-order valence-corrected chi connectivity index (χ2v) is 5.67. The Labute approximate surface area is 120 Å². The summed E-state index contributed by atoms with van der Waals surface area (Å²) in [5.74, 6) is 0.300. The number of benzene rings is 3. The summed E-state index contributed by atoms with van der Waals surface area (Å²) < 4.78 is 1.21. The molecule has 2 nitrogen and oxygen atoms in total. The Hall–Kier alpha value is -2.39. The predicted octanol–water partition coefficient (Wildman–Crippen LogP) is 4.82. The first kappa shape index (κ1) is 11.4. The Bertz CT molecular complexity index is 926. The zero-order chi connectivity index (χ0) is 13.5. The summed E-state index contributed by atoms with van der Waals surface area (Å²) in [7, 11) is 0. The van der Waals surface area contributed by atoms with Crippen molar-refractivity contribution in [2.24, 2.45) is 0 Å². The van der Waals surface area contributed by atoms with E-state index in [0.717, 1.165) is 21.9 Å². The summed E-state index contributed by atoms with van der Waals surface area (Å²) in [5.41, 5.74) is 5.24. The van der Waals surface area contributed by atoms with Crippen LogP contribution in [0.5, 0.6) is 5.75 Å². The van der Waals surface area contributed by atoms with E-state index in [2.05, 4.69) is 35.3 Å². The van der Waals surface area contributed by atoms with Crippen molar-refractivity contribution >= 4 is 32.3 Å². The molecule has 20 heavy (non-hydrogen) atoms. The molecule has 96 valence electrons. The van der Waals surface area contributed by atoms with Crippen LogP contribution in [0, 0.1) is 0 Å². The first-order valence-electron chi connectivity index (χ1n) is 6.36. The fourth-order valence-electron chi connectivity index (χ4n) is 2.45. The van der Waals surface area contributed by atoms with Gasteiger partial charge in [-0.25, -0.2) is 4.98 Å². The number of aromatic nitrogens is 1. The van der Waals surface area contributed by atoms with Crippen LogP contribution in [-0.4, -0.2) is 10.1 Å². The Morgan fingerprint density at radius 1 is 0.800 bits per heavy atom. The minimum atomic E-state index is 0.300. The van der Waals surface area contributed by atoms with Crippen molar-refractivity contribution in [3.8, 4) is 16.9 Å². The summed E-state index contributed by atoms with van der Waals surface area (Å²) >= 11 is 1.66. The van der Waals surface area contributed by atoms with E-state index in [1.54, 1.807) is 23.5 Å². The Balaban J connectivity index is 1.90. The third-order valence-electron chi connectivity index (χ3n) is 3.49. The number of aromatic hydroxyl groups is 1. The van der Waals surface area contributed by atoms with E-state index in [9.17, 15) is 5.11 Å². The summed E-state index contributed by atoms with van der Waals surface area (Å²) in [6, 6.07) is 18.1. The molecular formula is C17H11NOS. The van der Waals surface area contributed by atoms with Gasteiger partial charge in [0.05, 0.1) is 15.7 Å². The number of hydrogen-bond donors (Lipinski definition) is 1. The lowest BCUT2D eigenvalue weighted by Crippen LogP contribution is -1.79. The molecule has 1 aromatic heterocycles. The molecule has 1 heterocycles. The fourth-order valence-corrected chi connectivity index (χ4v) is 3.11. The fraction of sp³-hybridized carbons (Fsp3) is 0. The van der Waals surface area contributed by atoms with Crippen molar-refractivity contribution in [1.82, 2.24) is 4.98 Å². The number of thiazole rings is 1. The zero-order valence-electron chi connectivity index (χ0n) is 10.6. The molecule has 0 saturated carbocycles. The average molecular weight is 277 g/mol. The highest BCUT2D eigenvalue weighted by Gasteiger charge is 2.03. The molecule has 0 atom stereocenters. The monoisotopic (exact) mass is 277 g/mol. The topological polar surface area (TPSA) is 33.1 Å². The Kier molecular flexibility index (Phi) is 2.47. The highest BCUT2D eigenvalue weighted by atomic mass is 32.1. The third-order valence-corrected chi connectivity index (χ3v) is 4.30. The van der Waals surface area contributed by atoms with Crippen LogP contribution in [0.3, 0.4) is 0 Å². The number of rotatable bonds is 1. The van der Waals surface area contributed by atoms with Gasteiger partial charge in [-0.2, -0.15) is 0 Å². The SMILES string of the molecule is Oc1ccc2cc(-c3ccc4scnc4c3)ccc2c1. The number of phenols is 1. The normalized spacial score (nSPS) is 11.2. The van der Waals surface area contributed by atoms with Crippen LogP contribution in [0.4, 0.5) is 0 Å². The number of fused-ring (bicyclic) bond motifs is 2. The highest BCUT2D eigenvalue weighted by molar-refractivity contribution is 7.16. The maximum absolute atomic E-state index is 9.50. The van der Waals surface area contributed by atoms with Crippen molar-refractivity contribution in [1.29, 1.82) is 0 Å². The van der Waals surface area contributed by atoms with Gasteiger partial charge in [-0.05, 0) is 52.2 Å². The average Bonchev–Trinajstić information content (AvgIpc) is 2.94. The third kappa shape index (κ3) is 1.84. The van der Waals surface area contributed by atoms with Crippen LogP contribution in [-0.2, 0) is 0 Å². The lowest BCUT2D eigenvalue weighted by Gasteiger charge is -2.05. The second kappa shape index (κ2) is 4.32. The molecule has 0 aliphatic rings. The Morgan fingerprint density at radius 3 is 2.50 bits per heavy atom. The van der Waals surface area contributed by atoms with Crippen molar-refractivity contribution in [2.75, 3.05) is 0 Å². The molecule has 0 bridgehead atoms. The van der Waals surface area contributed by atoms with Crippen molar-refractivity contribution in [2.45, 2.75) is 0 Å². The van der Waals surface area contributed by atoms with Gasteiger partial charge in [-0.3, -0.25) is 0 Å². The molecule has 0 fully saturated rings. The van der Waals surface area contributed by atoms with E-state index >= 15 is 0 Å². The van der Waals surface area contributed by atoms with Gasteiger partial charge in [0.1, 0.15) is 5.75 Å². The summed E-state index contributed by atoms with van der Waals surface area (Å²) in [6.07, 6.45) is 0. The van der Waals surface area contributed by atoms with Crippen LogP contribution in [0.15, 0.2) is 60.1 Å². The van der Waals surface area contributed by atoms with Gasteiger partial charge in [-0.1, -0.05) is 24.3 Å². The maximum atomic E-state index is 9.50. The van der Waals surface area contributed by atoms with E-state index in [1.807, 2.05) is 17.6 Å². The van der Waals surface area contributed by atoms with Gasteiger partial charge in [0, 0.05) is 0 Å². The highest BCUT2D eigenvalue weighted by Crippen LogP contribution is 2.29. The lowest BCUT2D eigenvalue weighted by atomic mass is 10.0. The molecule has 0 radical (unpaired) electrons. The van der Waals surface area contributed by atoms with Crippen molar-refractivity contribution in [3.63, 3.8) is 0 Å². The lowest BCUT2D eigenvalue weighted by molar-refractivity contribution is 0.476. The molecule has 0 amide bonds. The largest absolute Gasteiger partial charge is 0.508 e. The summed E-state index contributed by atoms with van der Waals surface area (Å²) in [5, 5.41) is 11.7. The molecule has 0 spiro atoms. The minimum absolute atomic E-state index is 0.300. The van der Waals surface area contributed by atoms with Crippen LogP contribution in [0.1, 0.15) is 0 Å². The van der Waals surface area contributed by atoms with Crippen molar-refractivity contribution < 1.29 is 5.11 Å². The van der Waals surface area contributed by atoms with Gasteiger partial charge >= 0.3 is 0 Å². The van der Waals surface area contributed by atoms with E-state index in [1.165, 1.54) is 10.3 Å². The second-order valence-electron chi connectivity index (χ2n) is 4.78. The minimum Gasteiger partial charge on any atom is -0.508 e. The van der Waals surface area contributed by atoms with Crippen molar-refractivity contribution in [3.05, 3.63) is 60.1 Å². The van der Waals surface area contributed by atoms with Crippen LogP contribution in [0.2, 0.25) is 0 Å². The van der Waals surface area contributed by atoms with E-state index < -0.39 is 0 Å². The van der Waals surface area contributed by atoms with Gasteiger partial charge in [-0.15, -0.1) is 11.3 Å². The Morgan fingerprint density at radius 2 is 1.55 bits per heavy atom. The van der Waals surface area contributed by atoms with Crippen LogP contribution < -0.4 is 0 Å². The number of nitrogens with zero attached hydrogens (tertiary/aromatic N) is 1. The number of hydrogen-bond acceptors (Lipinski definition) is 3. The molecule has 0 unspecified atom stereocenters.